The van der Waals surface area contributed by atoms with Crippen LogP contribution in [-0.4, -0.2) is 25.9 Å². The Balaban J connectivity index is 2.34. The van der Waals surface area contributed by atoms with Gasteiger partial charge in [0.25, 0.3) is 0 Å². The van der Waals surface area contributed by atoms with Crippen LogP contribution in [0.4, 0.5) is 0 Å². The minimum absolute atomic E-state index is 0.0135. The molecule has 5 heteroatoms. The highest BCUT2D eigenvalue weighted by Crippen LogP contribution is 2.39. The second kappa shape index (κ2) is 5.15. The Morgan fingerprint density at radius 2 is 2.21 bits per heavy atom. The van der Waals surface area contributed by atoms with Crippen LogP contribution in [0.25, 0.3) is 0 Å². The first-order valence-corrected chi connectivity index (χ1v) is 7.35. The smallest absolute Gasteiger partial charge is 0.157 e. The zero-order valence-electron chi connectivity index (χ0n) is 11.7. The van der Waals surface area contributed by atoms with Crippen molar-refractivity contribution < 1.29 is 13.8 Å². The number of rotatable bonds is 3. The summed E-state index contributed by atoms with van der Waals surface area (Å²) in [4.78, 5) is 11.7. The van der Waals surface area contributed by atoms with Gasteiger partial charge in [-0.25, -0.2) is 0 Å². The molecule has 1 unspecified atom stereocenters. The van der Waals surface area contributed by atoms with Gasteiger partial charge in [-0.05, 0) is 33.8 Å². The third kappa shape index (κ3) is 2.78. The molecular weight excluding hydrogens is 262 g/mol. The van der Waals surface area contributed by atoms with Crippen molar-refractivity contribution in [2.24, 2.45) is 0 Å². The van der Waals surface area contributed by atoms with Gasteiger partial charge < -0.3 is 8.97 Å². The molecule has 0 N–H and O–H groups in total. The molecular formula is C14H19NO3S. The van der Waals surface area contributed by atoms with Crippen LogP contribution in [0.5, 0.6) is 0 Å². The summed E-state index contributed by atoms with van der Waals surface area (Å²) < 4.78 is 19.2. The fourth-order valence-corrected chi connectivity index (χ4v) is 3.53. The molecule has 2 atom stereocenters. The first-order chi connectivity index (χ1) is 8.82. The molecule has 0 saturated heterocycles. The van der Waals surface area contributed by atoms with Crippen molar-refractivity contribution in [3.8, 4) is 0 Å². The summed E-state index contributed by atoms with van der Waals surface area (Å²) in [7, 11) is 0. The molecule has 2 rings (SSSR count). The summed E-state index contributed by atoms with van der Waals surface area (Å²) in [6.07, 6.45) is 5.05. The molecule has 0 aliphatic carbocycles. The molecule has 0 bridgehead atoms. The van der Waals surface area contributed by atoms with Crippen LogP contribution in [-0.2, 0) is 16.2 Å². The second-order valence-electron chi connectivity index (χ2n) is 5.64. The van der Waals surface area contributed by atoms with E-state index in [0.29, 0.717) is 12.1 Å². The van der Waals surface area contributed by atoms with Gasteiger partial charge in [-0.2, -0.15) is 0 Å². The Morgan fingerprint density at radius 3 is 2.68 bits per heavy atom. The van der Waals surface area contributed by atoms with Crippen molar-refractivity contribution in [3.05, 3.63) is 35.8 Å². The normalized spacial score (nSPS) is 22.4. The molecule has 1 aromatic heterocycles. The van der Waals surface area contributed by atoms with E-state index in [-0.39, 0.29) is 16.6 Å². The Kier molecular flexibility index (Phi) is 3.90. The van der Waals surface area contributed by atoms with Gasteiger partial charge in [0, 0.05) is 22.5 Å². The topological polar surface area (TPSA) is 56.5 Å². The van der Waals surface area contributed by atoms with Crippen molar-refractivity contribution in [3.63, 3.8) is 0 Å². The second-order valence-corrected chi connectivity index (χ2v) is 7.83. The Hall–Kier alpha value is -1.04. The number of Topliss-reactive ketones (excluding diaryl/α,β-unsaturated/α-hetero) is 1. The Morgan fingerprint density at radius 1 is 1.53 bits per heavy atom. The van der Waals surface area contributed by atoms with E-state index in [1.807, 2.05) is 37.2 Å². The average Bonchev–Trinajstić information content (AvgIpc) is 2.94. The van der Waals surface area contributed by atoms with E-state index in [0.717, 1.165) is 5.56 Å². The van der Waals surface area contributed by atoms with Crippen LogP contribution in [0.1, 0.15) is 39.3 Å². The van der Waals surface area contributed by atoms with Crippen LogP contribution in [0.15, 0.2) is 34.7 Å². The molecule has 0 aromatic carbocycles. The van der Waals surface area contributed by atoms with Crippen molar-refractivity contribution in [2.75, 3.05) is 6.54 Å². The maximum absolute atomic E-state index is 12.6. The lowest BCUT2D eigenvalue weighted by molar-refractivity contribution is -0.114. The molecule has 104 valence electrons. The maximum Gasteiger partial charge on any atom is 0.157 e. The predicted octanol–water partition coefficient (Wildman–Crippen LogP) is 2.61. The van der Waals surface area contributed by atoms with Gasteiger partial charge in [0.05, 0.1) is 19.1 Å². The van der Waals surface area contributed by atoms with E-state index in [1.165, 1.54) is 0 Å². The third-order valence-electron chi connectivity index (χ3n) is 3.08. The number of ketones is 1. The average molecular weight is 281 g/mol. The molecule has 0 radical (unpaired) electrons. The summed E-state index contributed by atoms with van der Waals surface area (Å²) in [5.74, 6) is 0.0135. The third-order valence-corrected chi connectivity index (χ3v) is 4.91. The highest BCUT2D eigenvalue weighted by molar-refractivity contribution is 7.90. The molecule has 0 fully saturated rings. The lowest BCUT2D eigenvalue weighted by atomic mass is 10.0. The van der Waals surface area contributed by atoms with Crippen LogP contribution in [0, 0.1) is 0 Å². The quantitative estimate of drug-likeness (QED) is 0.799. The highest BCUT2D eigenvalue weighted by atomic mass is 32.2. The van der Waals surface area contributed by atoms with E-state index in [9.17, 15) is 9.35 Å². The van der Waals surface area contributed by atoms with Gasteiger partial charge in [-0.15, -0.1) is 4.31 Å². The molecule has 19 heavy (non-hydrogen) atoms. The number of hydrogen-bond acceptors (Lipinski definition) is 4. The molecule has 0 saturated carbocycles. The number of furan rings is 1. The van der Waals surface area contributed by atoms with E-state index in [4.69, 9.17) is 4.42 Å². The van der Waals surface area contributed by atoms with Crippen LogP contribution >= 0.6 is 0 Å². The van der Waals surface area contributed by atoms with Gasteiger partial charge in [0.2, 0.25) is 0 Å². The number of hydrogen-bond donors (Lipinski definition) is 0. The fraction of sp³-hybridized carbons (Fsp3) is 0.500. The molecule has 2 heterocycles. The minimum atomic E-state index is -1.18. The molecule has 1 aromatic rings. The molecule has 0 spiro atoms. The van der Waals surface area contributed by atoms with Crippen molar-refractivity contribution >= 4 is 17.1 Å². The zero-order chi connectivity index (χ0) is 14.2. The number of carbonyl (C=O) groups excluding carboxylic acids is 1. The van der Waals surface area contributed by atoms with E-state index in [2.05, 4.69) is 0 Å². The van der Waals surface area contributed by atoms with Gasteiger partial charge in [0.15, 0.2) is 5.78 Å². The lowest BCUT2D eigenvalue weighted by Gasteiger charge is -2.33. The Bertz CT molecular complexity index is 487. The van der Waals surface area contributed by atoms with Gasteiger partial charge in [-0.1, -0.05) is 6.08 Å². The summed E-state index contributed by atoms with van der Waals surface area (Å²) in [5.41, 5.74) is 1.57. The van der Waals surface area contributed by atoms with Crippen molar-refractivity contribution in [2.45, 2.75) is 38.5 Å². The standard InChI is InChI=1S/C14H19NO3S/c1-10(16)12-5-7-15(19(17)14(2,3)4)13(12)11-6-8-18-9-11/h5-6,8-9,13H,7H2,1-4H3/t13-,19?/m1/s1. The molecule has 4 nitrogen and oxygen atoms in total. The lowest BCUT2D eigenvalue weighted by Crippen LogP contribution is -2.43. The van der Waals surface area contributed by atoms with Gasteiger partial charge in [0.1, 0.15) is 10.8 Å². The van der Waals surface area contributed by atoms with Crippen molar-refractivity contribution in [1.29, 1.82) is 0 Å². The van der Waals surface area contributed by atoms with Crippen molar-refractivity contribution in [1.82, 2.24) is 4.31 Å². The monoisotopic (exact) mass is 281 g/mol. The Labute approximate surface area is 116 Å². The first-order valence-electron chi connectivity index (χ1n) is 6.24. The maximum atomic E-state index is 12.6. The minimum Gasteiger partial charge on any atom is -0.597 e. The number of carbonyl (C=O) groups is 1. The molecule has 1 aliphatic heterocycles. The number of nitrogens with zero attached hydrogens (tertiary/aromatic N) is 1. The predicted molar refractivity (Wildman–Crippen MR) is 74.8 cm³/mol. The summed E-state index contributed by atoms with van der Waals surface area (Å²) in [6.45, 7) is 7.86. The zero-order valence-corrected chi connectivity index (χ0v) is 12.5. The van der Waals surface area contributed by atoms with Crippen LogP contribution in [0.3, 0.4) is 0 Å². The highest BCUT2D eigenvalue weighted by Gasteiger charge is 2.43. The van der Waals surface area contributed by atoms with Crippen LogP contribution in [0.2, 0.25) is 0 Å². The van der Waals surface area contributed by atoms with Gasteiger partial charge >= 0.3 is 0 Å². The SMILES string of the molecule is CC(=O)C1=CCN([S+]([O-])C(C)(C)C)[C@@H]1c1ccoc1. The molecule has 0 amide bonds. The summed E-state index contributed by atoms with van der Waals surface area (Å²) in [5, 5.41) is 0. The van der Waals surface area contributed by atoms with E-state index >= 15 is 0 Å². The summed E-state index contributed by atoms with van der Waals surface area (Å²) in [6, 6.07) is 1.55. The van der Waals surface area contributed by atoms with E-state index < -0.39 is 11.4 Å². The first kappa shape index (κ1) is 14.4. The van der Waals surface area contributed by atoms with E-state index in [1.54, 1.807) is 19.5 Å². The molecule has 1 aliphatic rings. The van der Waals surface area contributed by atoms with Gasteiger partial charge in [-0.3, -0.25) is 4.79 Å². The largest absolute Gasteiger partial charge is 0.597 e. The fourth-order valence-electron chi connectivity index (χ4n) is 2.19. The summed E-state index contributed by atoms with van der Waals surface area (Å²) >= 11 is -1.18. The van der Waals surface area contributed by atoms with Crippen LogP contribution < -0.4 is 0 Å².